The first-order valence-electron chi connectivity index (χ1n) is 28.0. The van der Waals surface area contributed by atoms with E-state index in [4.69, 9.17) is 46.1 Å². The molecule has 0 rings (SSSR count). The summed E-state index contributed by atoms with van der Waals surface area (Å²) in [5.74, 6) is -0.956. The van der Waals surface area contributed by atoms with Gasteiger partial charge in [-0.05, 0) is 106 Å². The van der Waals surface area contributed by atoms with E-state index < -0.39 is 37.4 Å². The van der Waals surface area contributed by atoms with Crippen molar-refractivity contribution in [2.45, 2.75) is 196 Å². The number of carbonyl (C=O) groups excluding carboxylic acids is 6. The van der Waals surface area contributed by atoms with Crippen LogP contribution >= 0.6 is 0 Å². The second kappa shape index (κ2) is 43.8. The molecular formula is C52H104N4O16Si3. The normalized spacial score (nSPS) is 12.1. The maximum Gasteiger partial charge on any atom is 0.407 e. The van der Waals surface area contributed by atoms with E-state index in [1.165, 1.54) is 0 Å². The lowest BCUT2D eigenvalue weighted by Gasteiger charge is -2.38. The van der Waals surface area contributed by atoms with Crippen molar-refractivity contribution in [3.8, 4) is 0 Å². The molecule has 0 aromatic carbocycles. The van der Waals surface area contributed by atoms with Crippen molar-refractivity contribution >= 4 is 61.3 Å². The van der Waals surface area contributed by atoms with Crippen molar-refractivity contribution in [1.82, 2.24) is 20.4 Å². The van der Waals surface area contributed by atoms with Crippen LogP contribution in [0.3, 0.4) is 0 Å². The fourth-order valence-corrected chi connectivity index (χ4v) is 20.2. The van der Waals surface area contributed by atoms with Crippen LogP contribution in [-0.4, -0.2) is 188 Å². The lowest BCUT2D eigenvalue weighted by Crippen LogP contribution is -2.55. The highest BCUT2D eigenvalue weighted by molar-refractivity contribution is 6.87. The Morgan fingerprint density at radius 2 is 0.747 bits per heavy atom. The van der Waals surface area contributed by atoms with Crippen LogP contribution in [0.1, 0.15) is 144 Å². The summed E-state index contributed by atoms with van der Waals surface area (Å²) < 4.78 is 56.8. The zero-order valence-electron chi connectivity index (χ0n) is 48.7. The van der Waals surface area contributed by atoms with Gasteiger partial charge in [-0.25, -0.2) is 9.59 Å². The number of amides is 2. The first-order chi connectivity index (χ1) is 35.5. The van der Waals surface area contributed by atoms with E-state index in [-0.39, 0.29) is 74.6 Å². The summed E-state index contributed by atoms with van der Waals surface area (Å²) in [4.78, 5) is 77.7. The molecule has 0 aromatic heterocycles. The Balaban J connectivity index is 4.24. The zero-order chi connectivity index (χ0) is 56.4. The van der Waals surface area contributed by atoms with Crippen LogP contribution in [0.4, 0.5) is 9.59 Å². The van der Waals surface area contributed by atoms with Gasteiger partial charge in [0.25, 0.3) is 0 Å². The van der Waals surface area contributed by atoms with Crippen molar-refractivity contribution in [2.24, 2.45) is 0 Å². The summed E-state index contributed by atoms with van der Waals surface area (Å²) in [6.45, 7) is 30.3. The number of carbonyl (C=O) groups is 6. The Labute approximate surface area is 455 Å². The first-order valence-corrected chi connectivity index (χ1v) is 37.0. The minimum absolute atomic E-state index is 0.104. The van der Waals surface area contributed by atoms with Crippen LogP contribution in [0.15, 0.2) is 0 Å². The summed E-state index contributed by atoms with van der Waals surface area (Å²) in [5.41, 5.74) is 0. The van der Waals surface area contributed by atoms with Gasteiger partial charge in [0.2, 0.25) is 16.6 Å². The van der Waals surface area contributed by atoms with Gasteiger partial charge < -0.3 is 56.8 Å². The molecule has 0 saturated carbocycles. The van der Waals surface area contributed by atoms with Crippen molar-refractivity contribution in [3.05, 3.63) is 0 Å². The number of unbranched alkanes of at least 4 members (excludes halogenated alkanes) is 8. The predicted octanol–water partition coefficient (Wildman–Crippen LogP) is 8.57. The van der Waals surface area contributed by atoms with Crippen molar-refractivity contribution in [2.75, 3.05) is 104 Å². The standard InChI is InChI=1S/C52H104N4O16Si3/c1-13-37-65-49(59)27-31-55(33-39-63-45(3)4)35-41-67-47(57)25-21-17-15-20-24-30-54-52(62)70-44-74(9,10)72-75(11,12)71-73(7,8)43-69-48(58)26-22-18-16-19-23-29-53-51(61)68-42-36-56(34-40-64-46(5)6)32-28-50(60)66-38-14-2/h45-46H,13-44H2,1-12H3,(H,53,61)(H,54,62). The first kappa shape index (κ1) is 71.8. The van der Waals surface area contributed by atoms with E-state index in [1.807, 2.05) is 85.7 Å². The molecule has 20 nitrogen and oxygen atoms in total. The molecule has 0 fully saturated rings. The molecule has 0 aliphatic carbocycles. The van der Waals surface area contributed by atoms with E-state index in [2.05, 4.69) is 15.5 Å². The number of nitrogens with zero attached hydrogens (tertiary/aromatic N) is 2. The van der Waals surface area contributed by atoms with Crippen molar-refractivity contribution in [3.63, 3.8) is 0 Å². The van der Waals surface area contributed by atoms with Gasteiger partial charge in [-0.1, -0.05) is 52.4 Å². The number of rotatable bonds is 48. The van der Waals surface area contributed by atoms with Gasteiger partial charge in [0.15, 0.2) is 0 Å². The molecule has 0 aromatic rings. The molecule has 440 valence electrons. The second-order valence-electron chi connectivity index (χ2n) is 21.1. The molecule has 75 heavy (non-hydrogen) atoms. The SMILES string of the molecule is CCCOC(=O)CCN(CCOC(=O)CCCCCCCNC(=O)OC[Si](C)(C)O[Si](C)(C)O[Si](C)(C)COC(=O)CCCCCCCNC(=O)OCCN(CCOC(C)C)CCC(=O)OCCC)CCOC(C)C. The third kappa shape index (κ3) is 46.6. The van der Waals surface area contributed by atoms with Crippen LogP contribution in [0.2, 0.25) is 39.3 Å². The van der Waals surface area contributed by atoms with Crippen LogP contribution in [0, 0.1) is 0 Å². The fraction of sp³-hybridized carbons (Fsp3) is 0.885. The van der Waals surface area contributed by atoms with E-state index in [0.29, 0.717) is 98.0 Å². The highest BCUT2D eigenvalue weighted by Gasteiger charge is 2.41. The van der Waals surface area contributed by atoms with E-state index in [1.54, 1.807) is 0 Å². The topological polar surface area (TPSA) is 225 Å². The molecule has 0 radical (unpaired) electrons. The Hall–Kier alpha value is -3.17. The van der Waals surface area contributed by atoms with Gasteiger partial charge in [-0.15, -0.1) is 0 Å². The van der Waals surface area contributed by atoms with Gasteiger partial charge >= 0.3 is 44.6 Å². The van der Waals surface area contributed by atoms with Gasteiger partial charge in [0, 0.05) is 65.2 Å². The zero-order valence-corrected chi connectivity index (χ0v) is 51.7. The number of hydrogen-bond donors (Lipinski definition) is 2. The van der Waals surface area contributed by atoms with Crippen LogP contribution in [-0.2, 0) is 65.3 Å². The molecule has 0 heterocycles. The third-order valence-corrected chi connectivity index (χ3v) is 21.1. The Kier molecular flexibility index (Phi) is 41.9. The lowest BCUT2D eigenvalue weighted by molar-refractivity contribution is -0.146. The van der Waals surface area contributed by atoms with Gasteiger partial charge in [-0.3, -0.25) is 29.0 Å². The van der Waals surface area contributed by atoms with Crippen molar-refractivity contribution in [1.29, 1.82) is 0 Å². The lowest BCUT2D eigenvalue weighted by atomic mass is 10.1. The predicted molar refractivity (Wildman–Crippen MR) is 297 cm³/mol. The van der Waals surface area contributed by atoms with Crippen LogP contribution < -0.4 is 10.6 Å². The van der Waals surface area contributed by atoms with Crippen molar-refractivity contribution < 1.29 is 74.9 Å². The monoisotopic (exact) mass is 1120 g/mol. The quantitative estimate of drug-likeness (QED) is 0.0252. The molecule has 0 aliphatic heterocycles. The van der Waals surface area contributed by atoms with Crippen LogP contribution in [0.5, 0.6) is 0 Å². The molecule has 0 bridgehead atoms. The third-order valence-electron chi connectivity index (χ3n) is 11.1. The fourth-order valence-electron chi connectivity index (χ4n) is 7.52. The Morgan fingerprint density at radius 1 is 0.400 bits per heavy atom. The number of nitrogens with one attached hydrogen (secondary N) is 2. The molecule has 0 unspecified atom stereocenters. The molecule has 23 heteroatoms. The highest BCUT2D eigenvalue weighted by atomic mass is 28.5. The highest BCUT2D eigenvalue weighted by Crippen LogP contribution is 2.22. The van der Waals surface area contributed by atoms with Gasteiger partial charge in [0.1, 0.15) is 25.7 Å². The van der Waals surface area contributed by atoms with Gasteiger partial charge in [-0.2, -0.15) is 0 Å². The maximum absolute atomic E-state index is 12.6. The smallest absolute Gasteiger partial charge is 0.407 e. The van der Waals surface area contributed by atoms with Crippen LogP contribution in [0.25, 0.3) is 0 Å². The molecule has 0 spiro atoms. The van der Waals surface area contributed by atoms with E-state index in [0.717, 1.165) is 70.6 Å². The molecule has 0 aliphatic rings. The Morgan fingerprint density at radius 3 is 1.19 bits per heavy atom. The minimum atomic E-state index is -2.67. The average Bonchev–Trinajstić information content (AvgIpc) is 3.32. The summed E-state index contributed by atoms with van der Waals surface area (Å²) in [7, 11) is -7.57. The summed E-state index contributed by atoms with van der Waals surface area (Å²) in [5, 5.41) is 5.62. The number of esters is 4. The largest absolute Gasteiger partial charge is 0.466 e. The summed E-state index contributed by atoms with van der Waals surface area (Å²) in [6, 6.07) is 0. The molecule has 2 N–H and O–H groups in total. The summed E-state index contributed by atoms with van der Waals surface area (Å²) in [6.07, 6.45) is 10.8. The number of alkyl carbamates (subject to hydrolysis) is 2. The molecule has 2 amide bonds. The number of ether oxygens (including phenoxy) is 8. The van der Waals surface area contributed by atoms with Gasteiger partial charge in [0.05, 0.1) is 51.5 Å². The van der Waals surface area contributed by atoms with E-state index in [9.17, 15) is 28.8 Å². The number of hydrogen-bond acceptors (Lipinski definition) is 18. The molecular weight excluding hydrogens is 1020 g/mol. The van der Waals surface area contributed by atoms with E-state index >= 15 is 0 Å². The average molecular weight is 1130 g/mol. The second-order valence-corrected chi connectivity index (χ2v) is 33.1. The minimum Gasteiger partial charge on any atom is -0.466 e. The maximum atomic E-state index is 12.6. The Bertz CT molecular complexity index is 1440. The molecule has 0 saturated heterocycles. The summed E-state index contributed by atoms with van der Waals surface area (Å²) >= 11 is 0. The molecule has 0 atom stereocenters.